The number of anilines is 2. The van der Waals surface area contributed by atoms with Crippen molar-refractivity contribution in [2.75, 3.05) is 5.32 Å². The maximum atomic E-state index is 6.63. The van der Waals surface area contributed by atoms with Crippen LogP contribution in [0.5, 0.6) is 0 Å². The fourth-order valence-corrected chi connectivity index (χ4v) is 5.30. The zero-order valence-electron chi connectivity index (χ0n) is 24.2. The highest BCUT2D eigenvalue weighted by molar-refractivity contribution is 6.03. The highest BCUT2D eigenvalue weighted by Gasteiger charge is 2.19. The van der Waals surface area contributed by atoms with E-state index in [9.17, 15) is 0 Å². The van der Waals surface area contributed by atoms with E-state index >= 15 is 0 Å². The van der Waals surface area contributed by atoms with Crippen molar-refractivity contribution < 1.29 is 4.42 Å². The van der Waals surface area contributed by atoms with Crippen LogP contribution in [0.15, 0.2) is 124 Å². The van der Waals surface area contributed by atoms with Gasteiger partial charge in [-0.3, -0.25) is 0 Å². The number of para-hydroxylation sites is 1. The number of rotatable bonds is 6. The molecule has 2 aliphatic rings. The van der Waals surface area contributed by atoms with Crippen LogP contribution < -0.4 is 10.7 Å². The Labute approximate surface area is 237 Å². The average molecular weight is 525 g/mol. The van der Waals surface area contributed by atoms with Crippen molar-refractivity contribution in [3.05, 3.63) is 136 Å². The number of fused-ring (bicyclic) bond motifs is 2. The number of nitrogens with one attached hydrogen (secondary N) is 1. The van der Waals surface area contributed by atoms with E-state index in [1.54, 1.807) is 0 Å². The third kappa shape index (κ3) is 5.28. The summed E-state index contributed by atoms with van der Waals surface area (Å²) in [5, 5.41) is 5.53. The Morgan fingerprint density at radius 2 is 1.55 bits per heavy atom. The van der Waals surface area contributed by atoms with Gasteiger partial charge in [-0.15, -0.1) is 0 Å². The van der Waals surface area contributed by atoms with Gasteiger partial charge in [0.2, 0.25) is 0 Å². The first kappa shape index (κ1) is 27.0. The first-order valence-electron chi connectivity index (χ1n) is 13.7. The van der Waals surface area contributed by atoms with Gasteiger partial charge in [0.15, 0.2) is 0 Å². The van der Waals surface area contributed by atoms with Gasteiger partial charge in [-0.2, -0.15) is 0 Å². The van der Waals surface area contributed by atoms with E-state index in [4.69, 9.17) is 9.41 Å². The minimum absolute atomic E-state index is 0.793. The molecule has 3 aromatic rings. The predicted molar refractivity (Wildman–Crippen MR) is 170 cm³/mol. The summed E-state index contributed by atoms with van der Waals surface area (Å²) >= 11 is 0. The van der Waals surface area contributed by atoms with Gasteiger partial charge in [0.1, 0.15) is 11.3 Å². The minimum Gasteiger partial charge on any atom is -0.456 e. The molecule has 1 aliphatic heterocycles. The van der Waals surface area contributed by atoms with Crippen molar-refractivity contribution in [3.8, 4) is 22.5 Å². The molecule has 0 spiro atoms. The van der Waals surface area contributed by atoms with Crippen molar-refractivity contribution in [2.24, 2.45) is 4.99 Å². The Morgan fingerprint density at radius 1 is 0.825 bits per heavy atom. The van der Waals surface area contributed by atoms with Crippen LogP contribution in [-0.4, -0.2) is 0 Å². The molecule has 1 aliphatic carbocycles. The zero-order chi connectivity index (χ0) is 28.4. The Kier molecular flexibility index (Phi) is 7.57. The zero-order valence-corrected chi connectivity index (χ0v) is 24.2. The third-order valence-electron chi connectivity index (χ3n) is 7.31. The van der Waals surface area contributed by atoms with Gasteiger partial charge in [-0.1, -0.05) is 61.2 Å². The van der Waals surface area contributed by atoms with Gasteiger partial charge in [0.25, 0.3) is 0 Å². The lowest BCUT2D eigenvalue weighted by Gasteiger charge is -2.18. The molecule has 1 heterocycles. The molecule has 3 nitrogen and oxygen atoms in total. The molecule has 0 amide bonds. The lowest BCUT2D eigenvalue weighted by Crippen LogP contribution is -2.05. The van der Waals surface area contributed by atoms with E-state index in [1.807, 2.05) is 26.0 Å². The molecule has 0 unspecified atom stereocenters. The maximum Gasteiger partial charge on any atom is 0.137 e. The second-order valence-electron chi connectivity index (χ2n) is 10.5. The van der Waals surface area contributed by atoms with Crippen LogP contribution in [-0.2, 0) is 0 Å². The van der Waals surface area contributed by atoms with Crippen LogP contribution in [0, 0.1) is 20.8 Å². The largest absolute Gasteiger partial charge is 0.456 e. The molecule has 0 atom stereocenters. The van der Waals surface area contributed by atoms with Crippen LogP contribution in [0.3, 0.4) is 0 Å². The van der Waals surface area contributed by atoms with E-state index in [0.717, 1.165) is 55.9 Å². The predicted octanol–water partition coefficient (Wildman–Crippen LogP) is 10.2. The summed E-state index contributed by atoms with van der Waals surface area (Å²) < 4.78 is 6.63. The minimum atomic E-state index is 0.793. The first-order chi connectivity index (χ1) is 19.3. The SMILES string of the molecule is C=C(C)/C(N=c1ccc2c(-c3ccccc3C)c3ccc(Nc4c(C)cccc4C)cc3oc-2c1)=C(C)\C=C/C. The summed E-state index contributed by atoms with van der Waals surface area (Å²) in [6.07, 6.45) is 4.08. The van der Waals surface area contributed by atoms with Gasteiger partial charge in [-0.05, 0) is 99.2 Å². The molecule has 0 radical (unpaired) electrons. The number of hydrogen-bond acceptors (Lipinski definition) is 3. The van der Waals surface area contributed by atoms with Gasteiger partial charge in [-0.25, -0.2) is 4.99 Å². The fourth-order valence-electron chi connectivity index (χ4n) is 5.30. The van der Waals surface area contributed by atoms with E-state index in [0.29, 0.717) is 0 Å². The highest BCUT2D eigenvalue weighted by Crippen LogP contribution is 2.42. The summed E-state index contributed by atoms with van der Waals surface area (Å²) in [7, 11) is 0. The molecule has 200 valence electrons. The lowest BCUT2D eigenvalue weighted by molar-refractivity contribution is 0.619. The number of nitrogens with zero attached hydrogens (tertiary/aromatic N) is 1. The average Bonchev–Trinajstić information content (AvgIpc) is 2.92. The number of benzene rings is 4. The molecule has 0 aromatic heterocycles. The third-order valence-corrected chi connectivity index (χ3v) is 7.31. The van der Waals surface area contributed by atoms with Crippen molar-refractivity contribution in [1.82, 2.24) is 0 Å². The van der Waals surface area contributed by atoms with Crippen molar-refractivity contribution in [2.45, 2.75) is 41.5 Å². The molecule has 3 aromatic carbocycles. The summed E-state index contributed by atoms with van der Waals surface area (Å²) in [6, 6.07) is 27.5. The molecular weight excluding hydrogens is 488 g/mol. The van der Waals surface area contributed by atoms with Crippen LogP contribution >= 0.6 is 0 Å². The monoisotopic (exact) mass is 524 g/mol. The summed E-state index contributed by atoms with van der Waals surface area (Å²) in [4.78, 5) is 4.98. The van der Waals surface area contributed by atoms with E-state index < -0.39 is 0 Å². The number of aryl methyl sites for hydroxylation is 3. The van der Waals surface area contributed by atoms with Crippen LogP contribution in [0.4, 0.5) is 11.4 Å². The lowest BCUT2D eigenvalue weighted by atomic mass is 9.91. The fraction of sp³-hybridized carbons (Fsp3) is 0.162. The van der Waals surface area contributed by atoms with Gasteiger partial charge >= 0.3 is 0 Å². The van der Waals surface area contributed by atoms with Gasteiger partial charge in [0.05, 0.1) is 11.1 Å². The van der Waals surface area contributed by atoms with Crippen LogP contribution in [0.2, 0.25) is 0 Å². The van der Waals surface area contributed by atoms with Crippen LogP contribution in [0.25, 0.3) is 33.4 Å². The van der Waals surface area contributed by atoms with Crippen LogP contribution in [0.1, 0.15) is 37.5 Å². The number of allylic oxidation sites excluding steroid dienone is 4. The molecular formula is C37H36N2O. The summed E-state index contributed by atoms with van der Waals surface area (Å²) in [5.41, 5.74) is 12.9. The molecule has 0 fully saturated rings. The highest BCUT2D eigenvalue weighted by atomic mass is 16.3. The first-order valence-corrected chi connectivity index (χ1v) is 13.7. The molecule has 5 rings (SSSR count). The topological polar surface area (TPSA) is 37.5 Å². The normalized spacial score (nSPS) is 12.8. The quantitative estimate of drug-likeness (QED) is 0.177. The van der Waals surface area contributed by atoms with E-state index in [-0.39, 0.29) is 0 Å². The molecule has 1 N–H and O–H groups in total. The summed E-state index contributed by atoms with van der Waals surface area (Å²) in [5.74, 6) is 0.793. The second kappa shape index (κ2) is 11.2. The van der Waals surface area contributed by atoms with Crippen molar-refractivity contribution in [1.29, 1.82) is 0 Å². The smallest absolute Gasteiger partial charge is 0.137 e. The van der Waals surface area contributed by atoms with Crippen molar-refractivity contribution >= 4 is 22.3 Å². The van der Waals surface area contributed by atoms with Gasteiger partial charge < -0.3 is 9.73 Å². The Hall–Kier alpha value is -4.63. The molecule has 0 saturated carbocycles. The standard InChI is InChI=1S/C37H36N2O/c1-8-12-25(5)36(23(2)3)38-28-17-19-31-33(21-28)40-34-22-29(39-37-26(6)14-11-15-27(37)7)18-20-32(34)35(31)30-16-10-9-13-24(30)4/h8-22,39H,2H2,1,3-7H3/b12-8-,36-25+,38-28?. The molecule has 3 heteroatoms. The van der Waals surface area contributed by atoms with E-state index in [2.05, 4.69) is 118 Å². The molecule has 0 bridgehead atoms. The Balaban J connectivity index is 1.77. The van der Waals surface area contributed by atoms with Crippen molar-refractivity contribution in [3.63, 3.8) is 0 Å². The summed E-state index contributed by atoms with van der Waals surface area (Å²) in [6.45, 7) is 16.6. The van der Waals surface area contributed by atoms with Gasteiger partial charge in [0, 0.05) is 40.0 Å². The Morgan fingerprint density at radius 3 is 2.25 bits per heavy atom. The Bertz CT molecular complexity index is 1830. The molecule has 40 heavy (non-hydrogen) atoms. The maximum absolute atomic E-state index is 6.63. The van der Waals surface area contributed by atoms with E-state index in [1.165, 1.54) is 27.8 Å². The molecule has 0 saturated heterocycles. The second-order valence-corrected chi connectivity index (χ2v) is 10.5. The number of hydrogen-bond donors (Lipinski definition) is 1.